The Morgan fingerprint density at radius 3 is 2.82 bits per heavy atom. The summed E-state index contributed by atoms with van der Waals surface area (Å²) in [5.41, 5.74) is 0.729. The number of aryl methyl sites for hydroxylation is 1. The van der Waals surface area contributed by atoms with Crippen LogP contribution in [0.1, 0.15) is 27.0 Å². The van der Waals surface area contributed by atoms with Crippen molar-refractivity contribution in [2.45, 2.75) is 13.8 Å². The molecule has 0 unspecified atom stereocenters. The smallest absolute Gasteiger partial charge is 0.160 e. The zero-order chi connectivity index (χ0) is 10.9. The van der Waals surface area contributed by atoms with E-state index in [-0.39, 0.29) is 11.3 Å². The van der Waals surface area contributed by atoms with Crippen LogP contribution in [-0.2, 0) is 0 Å². The van der Waals surface area contributed by atoms with E-state index in [1.165, 1.54) is 25.1 Å². The van der Waals surface area contributed by atoms with Gasteiger partial charge in [0, 0.05) is 14.1 Å². The zero-order valence-electron chi connectivity index (χ0n) is 9.02. The molecule has 0 saturated carbocycles. The number of halogens is 1. The van der Waals surface area contributed by atoms with Gasteiger partial charge in [0.2, 0.25) is 0 Å². The van der Waals surface area contributed by atoms with Crippen LogP contribution in [0.25, 0.3) is 0 Å². The van der Waals surface area contributed by atoms with Gasteiger partial charge in [-0.3, -0.25) is 4.79 Å². The largest absolute Gasteiger partial charge is 0.294 e. The zero-order valence-corrected chi connectivity index (χ0v) is 7.60. The van der Waals surface area contributed by atoms with E-state index in [2.05, 4.69) is 15.9 Å². The molecule has 1 nitrogen and oxygen atoms in total. The van der Waals surface area contributed by atoms with Gasteiger partial charge in [0.15, 0.2) is 5.78 Å². The number of hydrogen-bond donors (Lipinski definition) is 0. The molecule has 1 aromatic carbocycles. The number of rotatable bonds is 1. The fourth-order valence-electron chi connectivity index (χ4n) is 0.801. The molecule has 0 aliphatic heterocycles. The van der Waals surface area contributed by atoms with Crippen molar-refractivity contribution in [1.29, 1.82) is 0 Å². The average Bonchev–Trinajstić information content (AvgIpc) is 2.01. The van der Waals surface area contributed by atoms with Crippen molar-refractivity contribution in [3.05, 3.63) is 33.8 Å². The van der Waals surface area contributed by atoms with Crippen molar-refractivity contribution in [2.75, 3.05) is 0 Å². The van der Waals surface area contributed by atoms with Crippen molar-refractivity contribution in [3.8, 4) is 0 Å². The van der Waals surface area contributed by atoms with Crippen LogP contribution in [0, 0.1) is 6.85 Å². The summed E-state index contributed by atoms with van der Waals surface area (Å²) in [6, 6.07) is 4.44. The molecule has 58 valence electrons. The molecular formula is C9H9BrO. The van der Waals surface area contributed by atoms with E-state index in [0.29, 0.717) is 10.0 Å². The lowest BCUT2D eigenvalue weighted by Crippen LogP contribution is -1.93. The summed E-state index contributed by atoms with van der Waals surface area (Å²) in [5.74, 6) is -0.0889. The highest BCUT2D eigenvalue weighted by atomic mass is 79.9. The summed E-state index contributed by atoms with van der Waals surface area (Å²) >= 11 is 3.17. The first kappa shape index (κ1) is 5.09. The number of carbonyl (C=O) groups is 1. The predicted molar refractivity (Wildman–Crippen MR) is 48.9 cm³/mol. The standard InChI is InChI=1S/C9H9BrO/c1-6-3-4-8(7(2)11)9(10)5-6/h3-5H,1-2H3/i1D3. The molecule has 11 heavy (non-hydrogen) atoms. The molecule has 0 bridgehead atoms. The Morgan fingerprint density at radius 2 is 2.36 bits per heavy atom. The van der Waals surface area contributed by atoms with Gasteiger partial charge in [0.05, 0.1) is 0 Å². The highest BCUT2D eigenvalue weighted by Crippen LogP contribution is 2.18. The Hall–Kier alpha value is -0.630. The van der Waals surface area contributed by atoms with Crippen molar-refractivity contribution < 1.29 is 8.91 Å². The lowest BCUT2D eigenvalue weighted by Gasteiger charge is -1.99. The maximum Gasteiger partial charge on any atom is 0.160 e. The van der Waals surface area contributed by atoms with Crippen molar-refractivity contribution in [2.24, 2.45) is 0 Å². The molecule has 0 atom stereocenters. The monoisotopic (exact) mass is 215 g/mol. The van der Waals surface area contributed by atoms with E-state index < -0.39 is 6.85 Å². The Morgan fingerprint density at radius 1 is 1.64 bits per heavy atom. The second-order valence-electron chi connectivity index (χ2n) is 2.25. The van der Waals surface area contributed by atoms with Crippen LogP contribution in [0.2, 0.25) is 0 Å². The summed E-state index contributed by atoms with van der Waals surface area (Å²) in [6.45, 7) is -0.688. The number of benzene rings is 1. The molecule has 1 aromatic rings. The van der Waals surface area contributed by atoms with Gasteiger partial charge in [0.25, 0.3) is 0 Å². The van der Waals surface area contributed by atoms with Gasteiger partial charge in [-0.1, -0.05) is 28.1 Å². The van der Waals surface area contributed by atoms with Crippen molar-refractivity contribution >= 4 is 21.7 Å². The van der Waals surface area contributed by atoms with E-state index in [0.717, 1.165) is 0 Å². The molecule has 0 aromatic heterocycles. The Labute approximate surface area is 78.8 Å². The first-order chi connectivity index (χ1) is 6.32. The summed E-state index contributed by atoms with van der Waals surface area (Å²) < 4.78 is 22.1. The van der Waals surface area contributed by atoms with Gasteiger partial charge in [0.1, 0.15) is 0 Å². The minimum Gasteiger partial charge on any atom is -0.294 e. The van der Waals surface area contributed by atoms with E-state index in [1.807, 2.05) is 0 Å². The number of hydrogen-bond acceptors (Lipinski definition) is 1. The summed E-state index contributed by atoms with van der Waals surface area (Å²) in [5, 5.41) is 0. The van der Waals surface area contributed by atoms with E-state index >= 15 is 0 Å². The van der Waals surface area contributed by atoms with Gasteiger partial charge < -0.3 is 0 Å². The minimum absolute atomic E-state index is 0.0889. The third kappa shape index (κ3) is 1.90. The Kier molecular flexibility index (Phi) is 1.47. The molecule has 0 amide bonds. The Balaban J connectivity index is 3.20. The molecule has 0 aliphatic rings. The van der Waals surface area contributed by atoms with E-state index in [4.69, 9.17) is 4.11 Å². The highest BCUT2D eigenvalue weighted by molar-refractivity contribution is 9.10. The fraction of sp³-hybridized carbons (Fsp3) is 0.222. The summed E-state index contributed by atoms with van der Waals surface area (Å²) in [6.07, 6.45) is 0. The average molecular weight is 216 g/mol. The molecule has 0 heterocycles. The molecule has 0 spiro atoms. The van der Waals surface area contributed by atoms with Crippen molar-refractivity contribution in [1.82, 2.24) is 0 Å². The number of ketones is 1. The second-order valence-corrected chi connectivity index (χ2v) is 3.11. The van der Waals surface area contributed by atoms with Gasteiger partial charge in [-0.2, -0.15) is 0 Å². The molecule has 0 fully saturated rings. The lowest BCUT2D eigenvalue weighted by atomic mass is 10.1. The summed E-state index contributed by atoms with van der Waals surface area (Å²) in [4.78, 5) is 11.1. The first-order valence-electron chi connectivity index (χ1n) is 4.63. The quantitative estimate of drug-likeness (QED) is 0.659. The van der Waals surface area contributed by atoms with Crippen LogP contribution >= 0.6 is 15.9 Å². The SMILES string of the molecule is [2H]C([2H])([2H])c1ccc(C(C)=O)c(Br)c1. The van der Waals surface area contributed by atoms with E-state index in [1.54, 1.807) is 0 Å². The molecule has 0 N–H and O–H groups in total. The number of Topliss-reactive ketones (excluding diaryl/α,β-unsaturated/α-hetero) is 1. The summed E-state index contributed by atoms with van der Waals surface area (Å²) in [7, 11) is 0. The molecule has 2 heteroatoms. The van der Waals surface area contributed by atoms with Crippen LogP contribution < -0.4 is 0 Å². The van der Waals surface area contributed by atoms with E-state index in [9.17, 15) is 4.79 Å². The van der Waals surface area contributed by atoms with Crippen LogP contribution in [0.3, 0.4) is 0 Å². The van der Waals surface area contributed by atoms with Gasteiger partial charge in [-0.05, 0) is 25.4 Å². The maximum absolute atomic E-state index is 11.1. The molecule has 1 rings (SSSR count). The lowest BCUT2D eigenvalue weighted by molar-refractivity contribution is 0.101. The van der Waals surface area contributed by atoms with Crippen LogP contribution in [-0.4, -0.2) is 5.78 Å². The third-order valence-corrected chi connectivity index (χ3v) is 2.00. The van der Waals surface area contributed by atoms with Crippen LogP contribution in [0.5, 0.6) is 0 Å². The van der Waals surface area contributed by atoms with Crippen LogP contribution in [0.4, 0.5) is 0 Å². The normalized spacial score (nSPS) is 14.9. The van der Waals surface area contributed by atoms with Gasteiger partial charge in [-0.25, -0.2) is 0 Å². The maximum atomic E-state index is 11.1. The fourth-order valence-corrected chi connectivity index (χ4v) is 1.46. The minimum atomic E-state index is -2.13. The highest BCUT2D eigenvalue weighted by Gasteiger charge is 2.03. The van der Waals surface area contributed by atoms with Crippen molar-refractivity contribution in [3.63, 3.8) is 0 Å². The molecule has 0 saturated heterocycles. The van der Waals surface area contributed by atoms with Gasteiger partial charge >= 0.3 is 0 Å². The second kappa shape index (κ2) is 3.18. The first-order valence-corrected chi connectivity index (χ1v) is 3.92. The molecule has 0 aliphatic carbocycles. The van der Waals surface area contributed by atoms with Crippen LogP contribution in [0.15, 0.2) is 22.7 Å². The molecular weight excluding hydrogens is 204 g/mol. The molecule has 0 radical (unpaired) electrons. The third-order valence-electron chi connectivity index (χ3n) is 1.35. The Bertz CT molecular complexity index is 371. The predicted octanol–water partition coefficient (Wildman–Crippen LogP) is 2.96. The van der Waals surface area contributed by atoms with Gasteiger partial charge in [-0.15, -0.1) is 0 Å². The topological polar surface area (TPSA) is 17.1 Å². The number of carbonyl (C=O) groups excluding carboxylic acids is 1.